The van der Waals surface area contributed by atoms with Gasteiger partial charge in [-0.3, -0.25) is 14.3 Å². The molecule has 5 rings (SSSR count). The quantitative estimate of drug-likeness (QED) is 0.521. The van der Waals surface area contributed by atoms with Gasteiger partial charge in [0.05, 0.1) is 28.0 Å². The summed E-state index contributed by atoms with van der Waals surface area (Å²) in [7, 11) is 0. The Hall–Kier alpha value is -3.06. The van der Waals surface area contributed by atoms with Gasteiger partial charge in [-0.25, -0.2) is 4.98 Å². The number of hydrogen-bond donors (Lipinski definition) is 0. The topological polar surface area (TPSA) is 68.1 Å². The first-order valence-corrected chi connectivity index (χ1v) is 10.6. The van der Waals surface area contributed by atoms with Crippen molar-refractivity contribution >= 4 is 38.4 Å². The first kappa shape index (κ1) is 18.0. The van der Waals surface area contributed by atoms with Gasteiger partial charge in [0, 0.05) is 11.9 Å². The average Bonchev–Trinajstić information content (AvgIpc) is 3.20. The van der Waals surface area contributed by atoms with Crippen LogP contribution in [0.25, 0.3) is 21.1 Å². The smallest absolute Gasteiger partial charge is 0.244 e. The highest BCUT2D eigenvalue weighted by Gasteiger charge is 2.30. The Morgan fingerprint density at radius 3 is 2.83 bits per heavy atom. The third-order valence-electron chi connectivity index (χ3n) is 5.47. The van der Waals surface area contributed by atoms with Gasteiger partial charge in [0.1, 0.15) is 11.6 Å². The van der Waals surface area contributed by atoms with Crippen molar-refractivity contribution < 1.29 is 4.79 Å². The molecule has 146 valence electrons. The lowest BCUT2D eigenvalue weighted by Crippen LogP contribution is -2.40. The number of amides is 1. The zero-order chi connectivity index (χ0) is 19.8. The van der Waals surface area contributed by atoms with Crippen LogP contribution in [-0.2, 0) is 11.3 Å². The third kappa shape index (κ3) is 3.31. The number of carbonyl (C=O) groups is 1. The lowest BCUT2D eigenvalue weighted by molar-refractivity contribution is -0.135. The van der Waals surface area contributed by atoms with E-state index in [2.05, 4.69) is 11.2 Å². The minimum absolute atomic E-state index is 0.000652. The number of aromatic nitrogens is 3. The number of hydrogen-bond acceptors (Lipinski definition) is 5. The minimum Gasteiger partial charge on any atom is -0.332 e. The average molecular weight is 404 g/mol. The van der Waals surface area contributed by atoms with E-state index >= 15 is 0 Å². The molecule has 2 aromatic heterocycles. The van der Waals surface area contributed by atoms with Gasteiger partial charge in [-0.2, -0.15) is 5.10 Å². The number of piperidine rings is 1. The molecular formula is C22H20N4O2S. The van der Waals surface area contributed by atoms with Crippen molar-refractivity contribution in [2.45, 2.75) is 31.8 Å². The first-order valence-electron chi connectivity index (χ1n) is 9.80. The molecule has 1 fully saturated rings. The molecule has 3 heterocycles. The van der Waals surface area contributed by atoms with Crippen molar-refractivity contribution in [2.24, 2.45) is 0 Å². The van der Waals surface area contributed by atoms with Gasteiger partial charge < -0.3 is 4.90 Å². The molecule has 0 aliphatic carbocycles. The van der Waals surface area contributed by atoms with E-state index in [1.165, 1.54) is 6.20 Å². The van der Waals surface area contributed by atoms with Crippen LogP contribution in [0.4, 0.5) is 0 Å². The molecule has 1 atom stereocenters. The molecule has 6 nitrogen and oxygen atoms in total. The molecule has 0 N–H and O–H groups in total. The molecule has 0 bridgehead atoms. The standard InChI is InChI=1S/C22H20N4O2S/c27-19-13-23-26(17-9-3-1-7-15(17)19)14-21(28)25-12-6-5-10-18(25)22-24-16-8-2-4-11-20(16)29-22/h1-4,7-9,11,13,18H,5-6,10,12,14H2. The van der Waals surface area contributed by atoms with Crippen LogP contribution in [0, 0.1) is 0 Å². The molecule has 1 unspecified atom stereocenters. The van der Waals surface area contributed by atoms with Crippen molar-refractivity contribution in [2.75, 3.05) is 6.54 Å². The minimum atomic E-state index is -0.130. The summed E-state index contributed by atoms with van der Waals surface area (Å²) in [5.41, 5.74) is 1.54. The van der Waals surface area contributed by atoms with Crippen LogP contribution in [-0.4, -0.2) is 32.1 Å². The summed E-state index contributed by atoms with van der Waals surface area (Å²) in [6, 6.07) is 15.4. The summed E-state index contributed by atoms with van der Waals surface area (Å²) in [5, 5.41) is 5.79. The Balaban J connectivity index is 1.46. The van der Waals surface area contributed by atoms with Crippen molar-refractivity contribution in [1.82, 2.24) is 19.7 Å². The predicted molar refractivity (Wildman–Crippen MR) is 114 cm³/mol. The second-order valence-corrected chi connectivity index (χ2v) is 8.36. The fourth-order valence-electron chi connectivity index (χ4n) is 4.03. The number of benzene rings is 2. The first-order chi connectivity index (χ1) is 14.2. The molecule has 1 aliphatic rings. The molecule has 1 aliphatic heterocycles. The second kappa shape index (κ2) is 7.40. The Labute approximate surface area is 171 Å². The predicted octanol–water partition coefficient (Wildman–Crippen LogP) is 3.76. The van der Waals surface area contributed by atoms with Crippen LogP contribution in [0.2, 0.25) is 0 Å². The van der Waals surface area contributed by atoms with E-state index in [4.69, 9.17) is 4.98 Å². The third-order valence-corrected chi connectivity index (χ3v) is 6.60. The molecule has 1 amide bonds. The van der Waals surface area contributed by atoms with Gasteiger partial charge >= 0.3 is 0 Å². The van der Waals surface area contributed by atoms with Gasteiger partial charge in [-0.15, -0.1) is 11.3 Å². The van der Waals surface area contributed by atoms with Crippen LogP contribution in [0.1, 0.15) is 30.3 Å². The second-order valence-electron chi connectivity index (χ2n) is 7.30. The van der Waals surface area contributed by atoms with E-state index in [0.29, 0.717) is 10.9 Å². The lowest BCUT2D eigenvalue weighted by Gasteiger charge is -2.34. The molecule has 2 aromatic carbocycles. The van der Waals surface area contributed by atoms with Crippen molar-refractivity contribution in [3.8, 4) is 0 Å². The number of rotatable bonds is 3. The van der Waals surface area contributed by atoms with Gasteiger partial charge in [0.25, 0.3) is 0 Å². The fraction of sp³-hybridized carbons (Fsp3) is 0.273. The zero-order valence-corrected chi connectivity index (χ0v) is 16.6. The van der Waals surface area contributed by atoms with Gasteiger partial charge in [-0.1, -0.05) is 24.3 Å². The van der Waals surface area contributed by atoms with Gasteiger partial charge in [0.2, 0.25) is 11.3 Å². The number of para-hydroxylation sites is 2. The molecular weight excluding hydrogens is 384 g/mol. The summed E-state index contributed by atoms with van der Waals surface area (Å²) >= 11 is 1.67. The van der Waals surface area contributed by atoms with E-state index < -0.39 is 0 Å². The Bertz CT molecular complexity index is 1230. The molecule has 0 radical (unpaired) electrons. The van der Waals surface area contributed by atoms with E-state index in [0.717, 1.165) is 41.0 Å². The maximum absolute atomic E-state index is 13.3. The summed E-state index contributed by atoms with van der Waals surface area (Å²) < 4.78 is 2.77. The zero-order valence-electron chi connectivity index (χ0n) is 15.8. The van der Waals surface area contributed by atoms with Crippen molar-refractivity contribution in [3.63, 3.8) is 0 Å². The molecule has 1 saturated heterocycles. The Morgan fingerprint density at radius 2 is 1.93 bits per heavy atom. The summed E-state index contributed by atoms with van der Waals surface area (Å²) in [4.78, 5) is 32.1. The normalized spacial score (nSPS) is 17.1. The largest absolute Gasteiger partial charge is 0.332 e. The molecule has 7 heteroatoms. The van der Waals surface area contributed by atoms with Gasteiger partial charge in [-0.05, 0) is 43.5 Å². The monoisotopic (exact) mass is 404 g/mol. The summed E-state index contributed by atoms with van der Waals surface area (Å²) in [6.07, 6.45) is 4.29. The van der Waals surface area contributed by atoms with Crippen molar-refractivity contribution in [1.29, 1.82) is 0 Å². The number of fused-ring (bicyclic) bond motifs is 2. The van der Waals surface area contributed by atoms with Crippen LogP contribution < -0.4 is 5.43 Å². The lowest BCUT2D eigenvalue weighted by atomic mass is 10.0. The maximum atomic E-state index is 13.3. The van der Waals surface area contributed by atoms with Crippen LogP contribution in [0.3, 0.4) is 0 Å². The Morgan fingerprint density at radius 1 is 1.10 bits per heavy atom. The number of carbonyl (C=O) groups excluding carboxylic acids is 1. The highest BCUT2D eigenvalue weighted by atomic mass is 32.1. The molecule has 29 heavy (non-hydrogen) atoms. The van der Waals surface area contributed by atoms with Crippen molar-refractivity contribution in [3.05, 3.63) is 70.0 Å². The fourth-order valence-corrected chi connectivity index (χ4v) is 5.14. The number of thiazole rings is 1. The molecule has 0 spiro atoms. The van der Waals surface area contributed by atoms with E-state index in [1.807, 2.05) is 41.3 Å². The van der Waals surface area contributed by atoms with Crippen LogP contribution >= 0.6 is 11.3 Å². The summed E-state index contributed by atoms with van der Waals surface area (Å²) in [5.74, 6) is 0.00950. The number of nitrogens with zero attached hydrogens (tertiary/aromatic N) is 4. The molecule has 4 aromatic rings. The van der Waals surface area contributed by atoms with E-state index in [-0.39, 0.29) is 23.9 Å². The van der Waals surface area contributed by atoms with E-state index in [1.54, 1.807) is 22.1 Å². The molecule has 0 saturated carbocycles. The van der Waals surface area contributed by atoms with E-state index in [9.17, 15) is 9.59 Å². The van der Waals surface area contributed by atoms with Crippen LogP contribution in [0.15, 0.2) is 59.5 Å². The summed E-state index contributed by atoms with van der Waals surface area (Å²) in [6.45, 7) is 0.833. The maximum Gasteiger partial charge on any atom is 0.244 e. The SMILES string of the molecule is O=C(Cn1ncc(=O)c2ccccc21)N1CCCCC1c1nc2ccccc2s1. The highest BCUT2D eigenvalue weighted by Crippen LogP contribution is 2.35. The number of likely N-dealkylation sites (tertiary alicyclic amines) is 1. The van der Waals surface area contributed by atoms with Gasteiger partial charge in [0.15, 0.2) is 0 Å². The Kier molecular flexibility index (Phi) is 4.60. The van der Waals surface area contributed by atoms with Crippen LogP contribution in [0.5, 0.6) is 0 Å². The highest BCUT2D eigenvalue weighted by molar-refractivity contribution is 7.18.